The van der Waals surface area contributed by atoms with Crippen LogP contribution < -0.4 is 0 Å². The summed E-state index contributed by atoms with van der Waals surface area (Å²) >= 11 is 0. The Morgan fingerprint density at radius 2 is 2.27 bits per heavy atom. The Morgan fingerprint density at radius 1 is 1.40 bits per heavy atom. The molecule has 1 fully saturated rings. The number of likely N-dealkylation sites (tertiary alicyclic amines) is 1. The average Bonchev–Trinajstić information content (AvgIpc) is 2.29. The molecule has 1 rings (SSSR count). The van der Waals surface area contributed by atoms with E-state index in [2.05, 4.69) is 16.8 Å². The van der Waals surface area contributed by atoms with E-state index in [1.54, 1.807) is 6.08 Å². The van der Waals surface area contributed by atoms with Crippen LogP contribution in [0.3, 0.4) is 0 Å². The first-order valence-electron chi connectivity index (χ1n) is 6.16. The number of piperidine rings is 1. The Bertz CT molecular complexity index is 212. The number of hydrogen-bond donors (Lipinski definition) is 0. The molecule has 1 heterocycles. The molecule has 0 aromatic rings. The van der Waals surface area contributed by atoms with Crippen LogP contribution in [0.1, 0.15) is 45.4 Å². The Hall–Kier alpha value is -0.660. The lowest BCUT2D eigenvalue weighted by molar-refractivity contribution is 0.142. The number of carbonyl (C=O) groups excluding carboxylic acids is 1. The van der Waals surface area contributed by atoms with Crippen molar-refractivity contribution >= 4 is 6.08 Å². The van der Waals surface area contributed by atoms with E-state index in [1.165, 1.54) is 38.8 Å². The van der Waals surface area contributed by atoms with E-state index >= 15 is 0 Å². The molecule has 1 unspecified atom stereocenters. The highest BCUT2D eigenvalue weighted by atomic mass is 16.1. The normalized spacial score (nSPS) is 22.3. The van der Waals surface area contributed by atoms with Crippen molar-refractivity contribution in [2.45, 2.75) is 51.5 Å². The van der Waals surface area contributed by atoms with Gasteiger partial charge in [-0.25, -0.2) is 9.79 Å². The van der Waals surface area contributed by atoms with E-state index in [0.29, 0.717) is 6.54 Å². The van der Waals surface area contributed by atoms with Crippen molar-refractivity contribution in [2.24, 2.45) is 4.99 Å². The van der Waals surface area contributed by atoms with Gasteiger partial charge in [0, 0.05) is 6.04 Å². The lowest BCUT2D eigenvalue weighted by atomic mass is 10.00. The molecule has 1 aliphatic rings. The van der Waals surface area contributed by atoms with E-state index in [1.807, 2.05) is 0 Å². The zero-order valence-corrected chi connectivity index (χ0v) is 9.74. The summed E-state index contributed by atoms with van der Waals surface area (Å²) in [6.45, 7) is 5.36. The summed E-state index contributed by atoms with van der Waals surface area (Å²) in [7, 11) is 0. The first-order chi connectivity index (χ1) is 7.38. The predicted molar refractivity (Wildman–Crippen MR) is 61.7 cm³/mol. The van der Waals surface area contributed by atoms with Crippen LogP contribution in [-0.2, 0) is 4.79 Å². The van der Waals surface area contributed by atoms with Crippen LogP contribution >= 0.6 is 0 Å². The van der Waals surface area contributed by atoms with E-state index in [9.17, 15) is 4.79 Å². The molecule has 1 aliphatic heterocycles. The van der Waals surface area contributed by atoms with Gasteiger partial charge in [-0.05, 0) is 45.2 Å². The minimum atomic E-state index is 0.647. The van der Waals surface area contributed by atoms with Gasteiger partial charge in [0.2, 0.25) is 6.08 Å². The van der Waals surface area contributed by atoms with Crippen molar-refractivity contribution in [2.75, 3.05) is 19.6 Å². The molecule has 0 aliphatic carbocycles. The second kappa shape index (κ2) is 7.61. The molecule has 0 aromatic heterocycles. The molecule has 15 heavy (non-hydrogen) atoms. The van der Waals surface area contributed by atoms with Crippen LogP contribution in [0.15, 0.2) is 4.99 Å². The molecule has 3 heteroatoms. The Balaban J connectivity index is 2.14. The third-order valence-electron chi connectivity index (χ3n) is 3.25. The van der Waals surface area contributed by atoms with Gasteiger partial charge < -0.3 is 4.90 Å². The van der Waals surface area contributed by atoms with E-state index < -0.39 is 0 Å². The van der Waals surface area contributed by atoms with Crippen molar-refractivity contribution in [3.05, 3.63) is 0 Å². The van der Waals surface area contributed by atoms with Crippen molar-refractivity contribution in [3.8, 4) is 0 Å². The summed E-state index contributed by atoms with van der Waals surface area (Å²) in [5.41, 5.74) is 0. The molecular weight excluding hydrogens is 188 g/mol. The zero-order chi connectivity index (χ0) is 10.9. The van der Waals surface area contributed by atoms with Crippen LogP contribution in [0.2, 0.25) is 0 Å². The summed E-state index contributed by atoms with van der Waals surface area (Å²) in [6.07, 6.45) is 9.14. The molecule has 86 valence electrons. The molecule has 3 nitrogen and oxygen atoms in total. The van der Waals surface area contributed by atoms with Crippen LogP contribution in [0.25, 0.3) is 0 Å². The minimum absolute atomic E-state index is 0.647. The van der Waals surface area contributed by atoms with Crippen LogP contribution in [0, 0.1) is 0 Å². The maximum atomic E-state index is 9.87. The Morgan fingerprint density at radius 3 is 3.00 bits per heavy atom. The average molecular weight is 210 g/mol. The maximum absolute atomic E-state index is 9.87. The molecule has 0 saturated carbocycles. The summed E-state index contributed by atoms with van der Waals surface area (Å²) < 4.78 is 0. The summed E-state index contributed by atoms with van der Waals surface area (Å²) in [5, 5.41) is 0. The number of hydrogen-bond acceptors (Lipinski definition) is 3. The van der Waals surface area contributed by atoms with E-state index in [-0.39, 0.29) is 0 Å². The van der Waals surface area contributed by atoms with Gasteiger partial charge in [-0.1, -0.05) is 13.3 Å². The highest BCUT2D eigenvalue weighted by Gasteiger charge is 2.19. The third kappa shape index (κ3) is 4.59. The number of unbranched alkanes of at least 4 members (excludes halogenated alkanes) is 1. The van der Waals surface area contributed by atoms with Crippen LogP contribution in [-0.4, -0.2) is 36.7 Å². The van der Waals surface area contributed by atoms with Gasteiger partial charge in [0.1, 0.15) is 0 Å². The van der Waals surface area contributed by atoms with Gasteiger partial charge in [0.25, 0.3) is 0 Å². The predicted octanol–water partition coefficient (Wildman–Crippen LogP) is 2.37. The fourth-order valence-corrected chi connectivity index (χ4v) is 2.37. The van der Waals surface area contributed by atoms with Gasteiger partial charge in [-0.2, -0.15) is 0 Å². The molecule has 0 N–H and O–H groups in total. The van der Waals surface area contributed by atoms with Gasteiger partial charge in [-0.15, -0.1) is 0 Å². The van der Waals surface area contributed by atoms with Gasteiger partial charge in [0.15, 0.2) is 0 Å². The molecule has 0 spiro atoms. The molecule has 1 saturated heterocycles. The number of aliphatic imine (C=N–C) groups is 1. The van der Waals surface area contributed by atoms with Gasteiger partial charge >= 0.3 is 0 Å². The van der Waals surface area contributed by atoms with Crippen LogP contribution in [0.5, 0.6) is 0 Å². The lowest BCUT2D eigenvalue weighted by Gasteiger charge is -2.35. The third-order valence-corrected chi connectivity index (χ3v) is 3.25. The van der Waals surface area contributed by atoms with Crippen molar-refractivity contribution in [1.29, 1.82) is 0 Å². The number of isocyanates is 1. The molecule has 1 atom stereocenters. The Kier molecular flexibility index (Phi) is 6.29. The van der Waals surface area contributed by atoms with Gasteiger partial charge in [0.05, 0.1) is 6.54 Å². The second-order valence-electron chi connectivity index (χ2n) is 4.27. The molecular formula is C12H22N2O. The first-order valence-corrected chi connectivity index (χ1v) is 6.16. The lowest BCUT2D eigenvalue weighted by Crippen LogP contribution is -2.39. The highest BCUT2D eigenvalue weighted by molar-refractivity contribution is 5.32. The van der Waals surface area contributed by atoms with E-state index in [0.717, 1.165) is 18.9 Å². The summed E-state index contributed by atoms with van der Waals surface area (Å²) in [4.78, 5) is 16.0. The fourth-order valence-electron chi connectivity index (χ4n) is 2.37. The largest absolute Gasteiger partial charge is 0.300 e. The van der Waals surface area contributed by atoms with E-state index in [4.69, 9.17) is 0 Å². The molecule has 0 amide bonds. The number of rotatable bonds is 6. The molecule has 0 radical (unpaired) electrons. The van der Waals surface area contributed by atoms with Crippen molar-refractivity contribution < 1.29 is 4.79 Å². The smallest absolute Gasteiger partial charge is 0.234 e. The summed E-state index contributed by atoms with van der Waals surface area (Å²) in [5.74, 6) is 0. The zero-order valence-electron chi connectivity index (χ0n) is 9.74. The van der Waals surface area contributed by atoms with Crippen molar-refractivity contribution in [1.82, 2.24) is 4.90 Å². The second-order valence-corrected chi connectivity index (χ2v) is 4.27. The monoisotopic (exact) mass is 210 g/mol. The number of nitrogens with zero attached hydrogens (tertiary/aromatic N) is 2. The van der Waals surface area contributed by atoms with Crippen molar-refractivity contribution in [3.63, 3.8) is 0 Å². The fraction of sp³-hybridized carbons (Fsp3) is 0.917. The van der Waals surface area contributed by atoms with Gasteiger partial charge in [-0.3, -0.25) is 0 Å². The van der Waals surface area contributed by atoms with Crippen LogP contribution in [0.4, 0.5) is 0 Å². The topological polar surface area (TPSA) is 32.7 Å². The minimum Gasteiger partial charge on any atom is -0.300 e. The first kappa shape index (κ1) is 12.4. The molecule has 0 bridgehead atoms. The standard InChI is InChI=1S/C12H22N2O/c1-2-12-7-3-5-9-14(12)10-6-4-8-13-11-15/h12H,2-10H2,1H3. The SMILES string of the molecule is CCC1CCCCN1CCCCN=C=O. The Labute approximate surface area is 92.6 Å². The maximum Gasteiger partial charge on any atom is 0.234 e. The summed E-state index contributed by atoms with van der Waals surface area (Å²) in [6, 6.07) is 0.799. The quantitative estimate of drug-likeness (QED) is 0.383. The highest BCUT2D eigenvalue weighted by Crippen LogP contribution is 2.19. The molecule has 0 aromatic carbocycles.